The van der Waals surface area contributed by atoms with Crippen LogP contribution in [-0.2, 0) is 0 Å². The van der Waals surface area contributed by atoms with Gasteiger partial charge in [0.15, 0.2) is 10.9 Å². The fraction of sp³-hybridized carbons (Fsp3) is 0.370. The van der Waals surface area contributed by atoms with E-state index >= 15 is 0 Å². The Labute approximate surface area is 222 Å². The molecule has 1 aliphatic heterocycles. The third kappa shape index (κ3) is 3.66. The van der Waals surface area contributed by atoms with Crippen molar-refractivity contribution < 1.29 is 4.39 Å². The summed E-state index contributed by atoms with van der Waals surface area (Å²) < 4.78 is 17.1. The van der Waals surface area contributed by atoms with Gasteiger partial charge in [-0.15, -0.1) is 5.10 Å². The molecule has 0 radical (unpaired) electrons. The molecule has 1 spiro atoms. The Kier molecular flexibility index (Phi) is 5.21. The van der Waals surface area contributed by atoms with Crippen molar-refractivity contribution in [2.24, 2.45) is 5.41 Å². The number of rotatable bonds is 4. The summed E-state index contributed by atoms with van der Waals surface area (Å²) in [4.78, 5) is 6.94. The van der Waals surface area contributed by atoms with Gasteiger partial charge in [0.1, 0.15) is 11.2 Å². The number of thiazole rings is 1. The van der Waals surface area contributed by atoms with Gasteiger partial charge in [0, 0.05) is 19.0 Å². The minimum Gasteiger partial charge on any atom is -0.348 e. The molecule has 3 aliphatic rings. The summed E-state index contributed by atoms with van der Waals surface area (Å²) in [6, 6.07) is 9.10. The molecule has 2 fully saturated rings. The van der Waals surface area contributed by atoms with Crippen LogP contribution >= 0.6 is 34.5 Å². The first-order valence-electron chi connectivity index (χ1n) is 12.3. The maximum absolute atomic E-state index is 14.4. The van der Waals surface area contributed by atoms with Crippen LogP contribution in [0.3, 0.4) is 0 Å². The van der Waals surface area contributed by atoms with Gasteiger partial charge in [0.05, 0.1) is 26.1 Å². The molecular formula is C27H24Cl2FN5S. The van der Waals surface area contributed by atoms with Gasteiger partial charge in [-0.3, -0.25) is 0 Å². The standard InChI is InChI=1S/C27H24Cl2FN5S/c1-15-11-20(30)23-21(12-15)36-26(31-23)34-9-7-27(8-10-34)13-17(14-27)24-22(16-5-6-16)32-33-35(24)25-18(28)3-2-4-19(25)29/h2-4,11-13,16H,5-10,14H2,1H3. The molecule has 3 heterocycles. The molecule has 2 aromatic carbocycles. The van der Waals surface area contributed by atoms with E-state index in [-0.39, 0.29) is 11.2 Å². The maximum atomic E-state index is 14.4. The molecule has 0 N–H and O–H groups in total. The summed E-state index contributed by atoms with van der Waals surface area (Å²) >= 11 is 14.7. The van der Waals surface area contributed by atoms with Crippen molar-refractivity contribution in [3.63, 3.8) is 0 Å². The number of aryl methyl sites for hydroxylation is 1. The van der Waals surface area contributed by atoms with Crippen molar-refractivity contribution in [3.05, 3.63) is 69.2 Å². The van der Waals surface area contributed by atoms with Crippen LogP contribution in [0.25, 0.3) is 21.5 Å². The van der Waals surface area contributed by atoms with Crippen molar-refractivity contribution in [3.8, 4) is 5.69 Å². The second-order valence-corrected chi connectivity index (χ2v) is 12.2. The molecule has 184 valence electrons. The van der Waals surface area contributed by atoms with Crippen molar-refractivity contribution in [2.75, 3.05) is 18.0 Å². The molecule has 5 nitrogen and oxygen atoms in total. The number of anilines is 1. The second kappa shape index (κ2) is 8.27. The van der Waals surface area contributed by atoms with E-state index in [0.29, 0.717) is 27.2 Å². The first-order chi connectivity index (χ1) is 17.4. The summed E-state index contributed by atoms with van der Waals surface area (Å²) in [5, 5.41) is 11.1. The van der Waals surface area contributed by atoms with E-state index in [0.717, 1.165) is 72.0 Å². The number of halogens is 3. The van der Waals surface area contributed by atoms with Crippen LogP contribution in [0.15, 0.2) is 36.4 Å². The SMILES string of the molecule is Cc1cc(F)c2nc(N3CCC4(C=C(c5c(C6CC6)nnn5-c5c(Cl)cccc5Cl)C4)CC3)sc2c1. The van der Waals surface area contributed by atoms with E-state index in [2.05, 4.69) is 26.3 Å². The van der Waals surface area contributed by atoms with Crippen molar-refractivity contribution in [1.82, 2.24) is 20.0 Å². The van der Waals surface area contributed by atoms with Gasteiger partial charge in [-0.1, -0.05) is 51.9 Å². The average molecular weight is 540 g/mol. The third-order valence-corrected chi connectivity index (χ3v) is 9.42. The van der Waals surface area contributed by atoms with Crippen molar-refractivity contribution in [2.45, 2.75) is 44.9 Å². The van der Waals surface area contributed by atoms with Crippen molar-refractivity contribution in [1.29, 1.82) is 0 Å². The maximum Gasteiger partial charge on any atom is 0.186 e. The highest BCUT2D eigenvalue weighted by Crippen LogP contribution is 2.54. The zero-order valence-corrected chi connectivity index (χ0v) is 22.1. The Morgan fingerprint density at radius 1 is 1.11 bits per heavy atom. The number of allylic oxidation sites excluding steroid dienone is 2. The Morgan fingerprint density at radius 3 is 2.53 bits per heavy atom. The monoisotopic (exact) mass is 539 g/mol. The molecular weight excluding hydrogens is 516 g/mol. The lowest BCUT2D eigenvalue weighted by atomic mass is 9.64. The molecule has 0 amide bonds. The van der Waals surface area contributed by atoms with Crippen LogP contribution in [0, 0.1) is 18.2 Å². The van der Waals surface area contributed by atoms with E-state index < -0.39 is 0 Å². The molecule has 7 rings (SSSR count). The molecule has 2 aromatic heterocycles. The lowest BCUT2D eigenvalue weighted by molar-refractivity contribution is 0.277. The number of nitrogens with zero attached hydrogens (tertiary/aromatic N) is 5. The molecule has 9 heteroatoms. The minimum atomic E-state index is -0.233. The van der Waals surface area contributed by atoms with Crippen LogP contribution in [0.1, 0.15) is 55.0 Å². The quantitative estimate of drug-likeness (QED) is 0.268. The van der Waals surface area contributed by atoms with Gasteiger partial charge in [-0.05, 0) is 79.8 Å². The Morgan fingerprint density at radius 2 is 1.83 bits per heavy atom. The number of para-hydroxylation sites is 1. The molecule has 36 heavy (non-hydrogen) atoms. The topological polar surface area (TPSA) is 46.8 Å². The summed E-state index contributed by atoms with van der Waals surface area (Å²) in [5.41, 5.74) is 5.70. The molecule has 1 saturated carbocycles. The molecule has 1 saturated heterocycles. The van der Waals surface area contributed by atoms with Gasteiger partial charge < -0.3 is 4.90 Å². The smallest absolute Gasteiger partial charge is 0.186 e. The number of benzene rings is 2. The Bertz CT molecular complexity index is 1530. The first-order valence-corrected chi connectivity index (χ1v) is 13.9. The predicted octanol–water partition coefficient (Wildman–Crippen LogP) is 7.58. The predicted molar refractivity (Wildman–Crippen MR) is 144 cm³/mol. The van der Waals surface area contributed by atoms with Crippen LogP contribution in [-0.4, -0.2) is 33.1 Å². The van der Waals surface area contributed by atoms with Crippen LogP contribution in [0.4, 0.5) is 9.52 Å². The minimum absolute atomic E-state index is 0.171. The molecule has 0 atom stereocenters. The van der Waals surface area contributed by atoms with E-state index in [4.69, 9.17) is 23.2 Å². The van der Waals surface area contributed by atoms with E-state index in [1.165, 1.54) is 5.57 Å². The van der Waals surface area contributed by atoms with Gasteiger partial charge in [0.25, 0.3) is 0 Å². The van der Waals surface area contributed by atoms with E-state index in [1.807, 2.05) is 35.9 Å². The van der Waals surface area contributed by atoms with Crippen molar-refractivity contribution >= 4 is 55.5 Å². The molecule has 0 bridgehead atoms. The Hall–Kier alpha value is -2.48. The third-order valence-electron chi connectivity index (χ3n) is 7.75. The zero-order valence-electron chi connectivity index (χ0n) is 19.8. The average Bonchev–Trinajstić information content (AvgIpc) is 3.44. The Balaban J connectivity index is 1.16. The highest BCUT2D eigenvalue weighted by molar-refractivity contribution is 7.22. The highest BCUT2D eigenvalue weighted by atomic mass is 35.5. The summed E-state index contributed by atoms with van der Waals surface area (Å²) in [7, 11) is 0. The zero-order chi connectivity index (χ0) is 24.6. The second-order valence-electron chi connectivity index (χ2n) is 10.4. The normalized spacial score (nSPS) is 19.1. The van der Waals surface area contributed by atoms with E-state index in [1.54, 1.807) is 17.4 Å². The largest absolute Gasteiger partial charge is 0.348 e. The lowest BCUT2D eigenvalue weighted by Crippen LogP contribution is -2.42. The number of hydrogen-bond acceptors (Lipinski definition) is 5. The summed E-state index contributed by atoms with van der Waals surface area (Å²) in [6.07, 6.45) is 7.80. The van der Waals surface area contributed by atoms with Crippen LogP contribution in [0.2, 0.25) is 10.0 Å². The number of piperidine rings is 1. The van der Waals surface area contributed by atoms with Crippen LogP contribution < -0.4 is 4.90 Å². The van der Waals surface area contributed by atoms with Gasteiger partial charge in [-0.2, -0.15) is 0 Å². The van der Waals surface area contributed by atoms with E-state index in [9.17, 15) is 4.39 Å². The first kappa shape index (κ1) is 22.7. The molecule has 2 aliphatic carbocycles. The molecule has 4 aromatic rings. The lowest BCUT2D eigenvalue weighted by Gasteiger charge is -2.46. The summed E-state index contributed by atoms with van der Waals surface area (Å²) in [5.74, 6) is 0.236. The highest BCUT2D eigenvalue weighted by Gasteiger charge is 2.44. The van der Waals surface area contributed by atoms with Gasteiger partial charge in [-0.25, -0.2) is 14.1 Å². The van der Waals surface area contributed by atoms with Gasteiger partial charge >= 0.3 is 0 Å². The number of aromatic nitrogens is 4. The van der Waals surface area contributed by atoms with Gasteiger partial charge in [0.2, 0.25) is 0 Å². The summed E-state index contributed by atoms with van der Waals surface area (Å²) in [6.45, 7) is 3.74. The fourth-order valence-electron chi connectivity index (χ4n) is 5.65. The van der Waals surface area contributed by atoms with Crippen LogP contribution in [0.5, 0.6) is 0 Å². The fourth-order valence-corrected chi connectivity index (χ4v) is 7.34. The number of fused-ring (bicyclic) bond motifs is 1. The number of hydrogen-bond donors (Lipinski definition) is 0. The molecule has 0 unspecified atom stereocenters.